The molecule has 0 amide bonds. The van der Waals surface area contributed by atoms with E-state index in [0.29, 0.717) is 0 Å². The Labute approximate surface area is 161 Å². The lowest BCUT2D eigenvalue weighted by Crippen LogP contribution is -2.06. The van der Waals surface area contributed by atoms with E-state index in [1.54, 1.807) is 6.33 Å². The van der Waals surface area contributed by atoms with Crippen LogP contribution in [0, 0.1) is 0 Å². The average Bonchev–Trinajstić information content (AvgIpc) is 3.16. The molecule has 0 aliphatic heterocycles. The van der Waals surface area contributed by atoms with Crippen molar-refractivity contribution in [1.82, 2.24) is 14.8 Å². The van der Waals surface area contributed by atoms with E-state index < -0.39 is 0 Å². The van der Waals surface area contributed by atoms with Crippen LogP contribution in [0.5, 0.6) is 0 Å². The SMILES string of the molecule is CCc1c(N)ccc(-c2ncn(-c3ccc(N)c(CC)c3CC)n2)c1CC. The van der Waals surface area contributed by atoms with Crippen LogP contribution in [0.1, 0.15) is 49.9 Å². The maximum Gasteiger partial charge on any atom is 0.181 e. The van der Waals surface area contributed by atoms with Crippen molar-refractivity contribution in [3.63, 3.8) is 0 Å². The van der Waals surface area contributed by atoms with Crippen LogP contribution in [-0.4, -0.2) is 14.8 Å². The number of hydrogen-bond acceptors (Lipinski definition) is 4. The van der Waals surface area contributed by atoms with Crippen molar-refractivity contribution in [1.29, 1.82) is 0 Å². The molecule has 3 aromatic rings. The van der Waals surface area contributed by atoms with Crippen LogP contribution in [0.25, 0.3) is 17.1 Å². The zero-order valence-electron chi connectivity index (χ0n) is 16.7. The van der Waals surface area contributed by atoms with Gasteiger partial charge in [0, 0.05) is 16.9 Å². The predicted molar refractivity (Wildman–Crippen MR) is 113 cm³/mol. The minimum atomic E-state index is 0.735. The normalized spacial score (nSPS) is 11.1. The molecule has 0 atom stereocenters. The van der Waals surface area contributed by atoms with Crippen molar-refractivity contribution in [3.8, 4) is 17.1 Å². The summed E-state index contributed by atoms with van der Waals surface area (Å²) in [6.45, 7) is 8.57. The van der Waals surface area contributed by atoms with Crippen LogP contribution < -0.4 is 11.5 Å². The Morgan fingerprint density at radius 3 is 1.89 bits per heavy atom. The van der Waals surface area contributed by atoms with Gasteiger partial charge in [0.2, 0.25) is 0 Å². The molecule has 0 bridgehead atoms. The van der Waals surface area contributed by atoms with E-state index in [4.69, 9.17) is 16.6 Å². The summed E-state index contributed by atoms with van der Waals surface area (Å²) < 4.78 is 1.87. The molecule has 0 unspecified atom stereocenters. The van der Waals surface area contributed by atoms with Crippen molar-refractivity contribution in [2.75, 3.05) is 11.5 Å². The third-order valence-electron chi connectivity index (χ3n) is 5.30. The van der Waals surface area contributed by atoms with Crippen molar-refractivity contribution >= 4 is 11.4 Å². The summed E-state index contributed by atoms with van der Waals surface area (Å²) in [4.78, 5) is 4.61. The first-order valence-electron chi connectivity index (χ1n) is 9.78. The highest BCUT2D eigenvalue weighted by Crippen LogP contribution is 2.30. The maximum absolute atomic E-state index is 6.18. The molecule has 142 valence electrons. The second-order valence-electron chi connectivity index (χ2n) is 6.72. The molecule has 0 aliphatic rings. The van der Waals surface area contributed by atoms with Crippen LogP contribution in [0.15, 0.2) is 30.6 Å². The number of nitrogen functional groups attached to an aromatic ring is 2. The quantitative estimate of drug-likeness (QED) is 0.638. The van der Waals surface area contributed by atoms with E-state index in [9.17, 15) is 0 Å². The number of anilines is 2. The molecule has 0 spiro atoms. The first-order valence-corrected chi connectivity index (χ1v) is 9.78. The first-order chi connectivity index (χ1) is 13.0. The molecule has 4 N–H and O–H groups in total. The second kappa shape index (κ2) is 7.82. The molecule has 0 saturated heterocycles. The van der Waals surface area contributed by atoms with Crippen molar-refractivity contribution in [2.24, 2.45) is 0 Å². The Morgan fingerprint density at radius 2 is 1.30 bits per heavy atom. The zero-order chi connectivity index (χ0) is 19.6. The first kappa shape index (κ1) is 19.0. The lowest BCUT2D eigenvalue weighted by Gasteiger charge is -2.15. The minimum absolute atomic E-state index is 0.735. The van der Waals surface area contributed by atoms with Gasteiger partial charge < -0.3 is 11.5 Å². The standard InChI is InChI=1S/C22H29N5/c1-5-14-15(6-2)19(23)10-9-18(14)22-25-13-27(26-22)21-12-11-20(24)16(7-3)17(21)8-4/h9-13H,5-8,23-24H2,1-4H3. The maximum atomic E-state index is 6.18. The molecule has 0 radical (unpaired) electrons. The van der Waals surface area contributed by atoms with Gasteiger partial charge in [-0.25, -0.2) is 9.67 Å². The number of nitrogens with zero attached hydrogens (tertiary/aromatic N) is 3. The van der Waals surface area contributed by atoms with E-state index in [1.807, 2.05) is 28.9 Å². The van der Waals surface area contributed by atoms with Crippen LogP contribution >= 0.6 is 0 Å². The molecular weight excluding hydrogens is 334 g/mol. The van der Waals surface area contributed by atoms with Crippen LogP contribution in [-0.2, 0) is 25.7 Å². The van der Waals surface area contributed by atoms with Gasteiger partial charge in [-0.1, -0.05) is 27.7 Å². The summed E-state index contributed by atoms with van der Waals surface area (Å²) in [6, 6.07) is 8.00. The summed E-state index contributed by atoms with van der Waals surface area (Å²) in [5, 5.41) is 4.80. The monoisotopic (exact) mass is 363 g/mol. The Morgan fingerprint density at radius 1 is 0.741 bits per heavy atom. The third kappa shape index (κ3) is 3.29. The van der Waals surface area contributed by atoms with Crippen LogP contribution in [0.4, 0.5) is 11.4 Å². The molecule has 0 saturated carbocycles. The van der Waals surface area contributed by atoms with Gasteiger partial charge in [0.15, 0.2) is 5.82 Å². The summed E-state index contributed by atoms with van der Waals surface area (Å²) in [7, 11) is 0. The Hall–Kier alpha value is -2.82. The highest BCUT2D eigenvalue weighted by atomic mass is 15.3. The smallest absolute Gasteiger partial charge is 0.181 e. The van der Waals surface area contributed by atoms with Crippen molar-refractivity contribution in [2.45, 2.75) is 53.4 Å². The van der Waals surface area contributed by atoms with Gasteiger partial charge in [0.25, 0.3) is 0 Å². The second-order valence-corrected chi connectivity index (χ2v) is 6.72. The summed E-state index contributed by atoms with van der Waals surface area (Å²) in [6.07, 6.45) is 5.41. The fourth-order valence-electron chi connectivity index (χ4n) is 3.97. The average molecular weight is 364 g/mol. The summed E-state index contributed by atoms with van der Waals surface area (Å²) in [5.74, 6) is 0.735. The van der Waals surface area contributed by atoms with E-state index in [-0.39, 0.29) is 0 Å². The fraction of sp³-hybridized carbons (Fsp3) is 0.364. The molecular formula is C22H29N5. The molecule has 3 rings (SSSR count). The predicted octanol–water partition coefficient (Wildman–Crippen LogP) is 4.35. The Balaban J connectivity index is 2.12. The highest BCUT2D eigenvalue weighted by Gasteiger charge is 2.16. The number of nitrogens with two attached hydrogens (primary N) is 2. The Bertz CT molecular complexity index is 880. The third-order valence-corrected chi connectivity index (χ3v) is 5.30. The number of benzene rings is 2. The lowest BCUT2D eigenvalue weighted by atomic mass is 9.95. The molecule has 5 heteroatoms. The van der Waals surface area contributed by atoms with Gasteiger partial charge in [-0.05, 0) is 72.2 Å². The van der Waals surface area contributed by atoms with Crippen LogP contribution in [0.3, 0.4) is 0 Å². The van der Waals surface area contributed by atoms with Crippen LogP contribution in [0.2, 0.25) is 0 Å². The minimum Gasteiger partial charge on any atom is -0.398 e. The number of aromatic nitrogens is 3. The van der Waals surface area contributed by atoms with Crippen molar-refractivity contribution in [3.05, 3.63) is 52.8 Å². The van der Waals surface area contributed by atoms with E-state index in [2.05, 4.69) is 32.7 Å². The largest absolute Gasteiger partial charge is 0.398 e. The van der Waals surface area contributed by atoms with Crippen molar-refractivity contribution < 1.29 is 0 Å². The molecule has 5 nitrogen and oxygen atoms in total. The lowest BCUT2D eigenvalue weighted by molar-refractivity contribution is 0.855. The zero-order valence-corrected chi connectivity index (χ0v) is 16.7. The molecule has 1 aromatic heterocycles. The molecule has 1 heterocycles. The topological polar surface area (TPSA) is 82.8 Å². The number of hydrogen-bond donors (Lipinski definition) is 2. The van der Waals surface area contributed by atoms with Gasteiger partial charge in [0.1, 0.15) is 6.33 Å². The van der Waals surface area contributed by atoms with E-state index in [0.717, 1.165) is 54.1 Å². The molecule has 0 fully saturated rings. The van der Waals surface area contributed by atoms with Gasteiger partial charge in [0.05, 0.1) is 5.69 Å². The van der Waals surface area contributed by atoms with Gasteiger partial charge >= 0.3 is 0 Å². The van der Waals surface area contributed by atoms with E-state index >= 15 is 0 Å². The summed E-state index contributed by atoms with van der Waals surface area (Å²) >= 11 is 0. The highest BCUT2D eigenvalue weighted by molar-refractivity contribution is 5.68. The fourth-order valence-corrected chi connectivity index (χ4v) is 3.97. The van der Waals surface area contributed by atoms with E-state index in [1.165, 1.54) is 22.3 Å². The van der Waals surface area contributed by atoms with Gasteiger partial charge in [-0.3, -0.25) is 0 Å². The van der Waals surface area contributed by atoms with Gasteiger partial charge in [-0.15, -0.1) is 5.10 Å². The Kier molecular flexibility index (Phi) is 5.49. The molecule has 2 aromatic carbocycles. The summed E-state index contributed by atoms with van der Waals surface area (Å²) in [5.41, 5.74) is 21.0. The molecule has 27 heavy (non-hydrogen) atoms. The van der Waals surface area contributed by atoms with Gasteiger partial charge in [-0.2, -0.15) is 0 Å². The number of rotatable bonds is 6. The molecule has 0 aliphatic carbocycles.